The molecule has 1 aromatic heterocycles. The lowest BCUT2D eigenvalue weighted by atomic mass is 10.1. The molecule has 0 amide bonds. The van der Waals surface area contributed by atoms with Crippen molar-refractivity contribution in [2.24, 2.45) is 0 Å². The molecule has 0 atom stereocenters. The van der Waals surface area contributed by atoms with E-state index >= 15 is 0 Å². The third-order valence-corrected chi connectivity index (χ3v) is 1.98. The van der Waals surface area contributed by atoms with Gasteiger partial charge in [-0.25, -0.2) is 0 Å². The number of hydrogen-bond acceptors (Lipinski definition) is 3. The number of nitrogens with zero attached hydrogens (tertiary/aromatic N) is 2. The van der Waals surface area contributed by atoms with Crippen LogP contribution < -0.4 is 0 Å². The van der Waals surface area contributed by atoms with Crippen LogP contribution in [-0.2, 0) is 0 Å². The molecule has 0 saturated heterocycles. The number of pyridine rings is 1. The lowest BCUT2D eigenvalue weighted by Gasteiger charge is -2.08. The zero-order valence-corrected chi connectivity index (χ0v) is 8.95. The Balaban J connectivity index is 2.61. The maximum absolute atomic E-state index is 11.6. The van der Waals surface area contributed by atoms with E-state index in [-0.39, 0.29) is 5.78 Å². The number of carbonyl (C=O) groups is 1. The van der Waals surface area contributed by atoms with E-state index in [0.29, 0.717) is 12.0 Å². The molecule has 0 bridgehead atoms. The molecule has 0 aromatic carbocycles. The van der Waals surface area contributed by atoms with E-state index < -0.39 is 0 Å². The van der Waals surface area contributed by atoms with Gasteiger partial charge in [0.25, 0.3) is 0 Å². The quantitative estimate of drug-likeness (QED) is 0.678. The van der Waals surface area contributed by atoms with Crippen LogP contribution in [0.1, 0.15) is 22.3 Å². The monoisotopic (exact) mass is 192 g/mol. The van der Waals surface area contributed by atoms with Crippen LogP contribution in [-0.4, -0.2) is 36.3 Å². The lowest BCUT2D eigenvalue weighted by molar-refractivity contribution is 0.0972. The summed E-state index contributed by atoms with van der Waals surface area (Å²) >= 11 is 0. The van der Waals surface area contributed by atoms with Gasteiger partial charge < -0.3 is 4.90 Å². The molecule has 0 radical (unpaired) electrons. The Kier molecular flexibility index (Phi) is 3.77. The topological polar surface area (TPSA) is 33.2 Å². The number of carbonyl (C=O) groups excluding carboxylic acids is 1. The zero-order valence-electron chi connectivity index (χ0n) is 8.95. The summed E-state index contributed by atoms with van der Waals surface area (Å²) in [6.07, 6.45) is 3.94. The van der Waals surface area contributed by atoms with Gasteiger partial charge in [0.2, 0.25) is 0 Å². The second-order valence-corrected chi connectivity index (χ2v) is 3.73. The Labute approximate surface area is 84.8 Å². The third kappa shape index (κ3) is 3.26. The first-order valence-corrected chi connectivity index (χ1v) is 4.69. The summed E-state index contributed by atoms with van der Waals surface area (Å²) in [6.45, 7) is 2.72. The van der Waals surface area contributed by atoms with Crippen LogP contribution in [0, 0.1) is 6.92 Å². The van der Waals surface area contributed by atoms with Gasteiger partial charge in [-0.15, -0.1) is 0 Å². The molecule has 0 spiro atoms. The Bertz CT molecular complexity index is 321. The van der Waals surface area contributed by atoms with Crippen molar-refractivity contribution < 1.29 is 4.79 Å². The summed E-state index contributed by atoms with van der Waals surface area (Å²) in [5.41, 5.74) is 1.74. The lowest BCUT2D eigenvalue weighted by Crippen LogP contribution is -2.16. The van der Waals surface area contributed by atoms with Gasteiger partial charge in [0.1, 0.15) is 0 Å². The van der Waals surface area contributed by atoms with Crippen LogP contribution in [0.5, 0.6) is 0 Å². The normalized spacial score (nSPS) is 10.6. The summed E-state index contributed by atoms with van der Waals surface area (Å²) < 4.78 is 0. The van der Waals surface area contributed by atoms with Gasteiger partial charge in [0, 0.05) is 30.9 Å². The number of hydrogen-bond donors (Lipinski definition) is 0. The Hall–Kier alpha value is -1.22. The summed E-state index contributed by atoms with van der Waals surface area (Å²) in [5.74, 6) is 0.162. The van der Waals surface area contributed by atoms with Crippen LogP contribution in [0.2, 0.25) is 0 Å². The van der Waals surface area contributed by atoms with Crippen molar-refractivity contribution in [1.82, 2.24) is 9.88 Å². The highest BCUT2D eigenvalue weighted by Crippen LogP contribution is 2.04. The highest BCUT2D eigenvalue weighted by atomic mass is 16.1. The summed E-state index contributed by atoms with van der Waals surface area (Å²) in [5, 5.41) is 0. The van der Waals surface area contributed by atoms with Crippen molar-refractivity contribution >= 4 is 5.78 Å². The molecule has 0 aliphatic heterocycles. The molecule has 3 nitrogen and oxygen atoms in total. The van der Waals surface area contributed by atoms with E-state index in [9.17, 15) is 4.79 Å². The molecule has 14 heavy (non-hydrogen) atoms. The third-order valence-electron chi connectivity index (χ3n) is 1.98. The molecule has 0 N–H and O–H groups in total. The van der Waals surface area contributed by atoms with Crippen molar-refractivity contribution in [1.29, 1.82) is 0 Å². The molecule has 1 aromatic rings. The predicted octanol–water partition coefficient (Wildman–Crippen LogP) is 1.52. The molecule has 76 valence electrons. The molecule has 0 unspecified atom stereocenters. The molecule has 0 aliphatic carbocycles. The van der Waals surface area contributed by atoms with Crippen molar-refractivity contribution in [3.05, 3.63) is 29.6 Å². The highest BCUT2D eigenvalue weighted by Gasteiger charge is 2.06. The molecule has 3 heteroatoms. The van der Waals surface area contributed by atoms with E-state index in [1.807, 2.05) is 32.0 Å². The average molecular weight is 192 g/mol. The number of ketones is 1. The van der Waals surface area contributed by atoms with Gasteiger partial charge in [0.15, 0.2) is 5.78 Å². The largest absolute Gasteiger partial charge is 0.309 e. The minimum Gasteiger partial charge on any atom is -0.309 e. The van der Waals surface area contributed by atoms with Gasteiger partial charge in [-0.3, -0.25) is 9.78 Å². The summed E-state index contributed by atoms with van der Waals surface area (Å²) in [7, 11) is 3.92. The first kappa shape index (κ1) is 10.9. The number of rotatable bonds is 4. The number of aryl methyl sites for hydroxylation is 1. The van der Waals surface area contributed by atoms with Gasteiger partial charge in [-0.2, -0.15) is 0 Å². The Morgan fingerprint density at radius 2 is 2.14 bits per heavy atom. The van der Waals surface area contributed by atoms with Crippen molar-refractivity contribution in [2.75, 3.05) is 20.6 Å². The number of aromatic nitrogens is 1. The van der Waals surface area contributed by atoms with Crippen molar-refractivity contribution in [3.8, 4) is 0 Å². The van der Waals surface area contributed by atoms with Crippen LogP contribution in [0.4, 0.5) is 0 Å². The van der Waals surface area contributed by atoms with Gasteiger partial charge >= 0.3 is 0 Å². The van der Waals surface area contributed by atoms with Crippen molar-refractivity contribution in [2.45, 2.75) is 13.3 Å². The summed E-state index contributed by atoms with van der Waals surface area (Å²) in [4.78, 5) is 17.6. The maximum atomic E-state index is 11.6. The van der Waals surface area contributed by atoms with Gasteiger partial charge in [-0.1, -0.05) is 0 Å². The molecule has 0 saturated carbocycles. The molecule has 1 rings (SSSR count). The highest BCUT2D eigenvalue weighted by molar-refractivity contribution is 5.95. The minimum absolute atomic E-state index is 0.162. The van der Waals surface area contributed by atoms with Gasteiger partial charge in [-0.05, 0) is 32.6 Å². The average Bonchev–Trinajstić information content (AvgIpc) is 2.14. The summed E-state index contributed by atoms with van der Waals surface area (Å²) in [6, 6.07) is 1.88. The second kappa shape index (κ2) is 4.86. The fraction of sp³-hybridized carbons (Fsp3) is 0.455. The standard InChI is InChI=1S/C11H16N2O/c1-9-6-10(8-12-7-9)11(14)4-5-13(2)3/h6-8H,4-5H2,1-3H3. The first-order chi connectivity index (χ1) is 6.59. The smallest absolute Gasteiger partial charge is 0.165 e. The van der Waals surface area contributed by atoms with E-state index in [4.69, 9.17) is 0 Å². The fourth-order valence-corrected chi connectivity index (χ4v) is 1.18. The first-order valence-electron chi connectivity index (χ1n) is 4.69. The van der Waals surface area contributed by atoms with E-state index in [1.165, 1.54) is 0 Å². The fourth-order valence-electron chi connectivity index (χ4n) is 1.18. The maximum Gasteiger partial charge on any atom is 0.165 e. The minimum atomic E-state index is 0.162. The molecule has 1 heterocycles. The van der Waals surface area contributed by atoms with Crippen LogP contribution in [0.15, 0.2) is 18.5 Å². The molecule has 0 aliphatic rings. The van der Waals surface area contributed by atoms with E-state index in [2.05, 4.69) is 4.98 Å². The van der Waals surface area contributed by atoms with E-state index in [0.717, 1.165) is 12.1 Å². The zero-order chi connectivity index (χ0) is 10.6. The second-order valence-electron chi connectivity index (χ2n) is 3.73. The molecular weight excluding hydrogens is 176 g/mol. The van der Waals surface area contributed by atoms with E-state index in [1.54, 1.807) is 12.4 Å². The SMILES string of the molecule is Cc1cncc(C(=O)CCN(C)C)c1. The predicted molar refractivity (Wildman–Crippen MR) is 56.5 cm³/mol. The molecule has 0 fully saturated rings. The van der Waals surface area contributed by atoms with Crippen LogP contribution in [0.25, 0.3) is 0 Å². The Morgan fingerprint density at radius 3 is 2.71 bits per heavy atom. The van der Waals surface area contributed by atoms with Crippen LogP contribution >= 0.6 is 0 Å². The molecular formula is C11H16N2O. The Morgan fingerprint density at radius 1 is 1.43 bits per heavy atom. The number of Topliss-reactive ketones (excluding diaryl/α,β-unsaturated/α-hetero) is 1. The van der Waals surface area contributed by atoms with Crippen LogP contribution in [0.3, 0.4) is 0 Å². The van der Waals surface area contributed by atoms with Gasteiger partial charge in [0.05, 0.1) is 0 Å². The van der Waals surface area contributed by atoms with Crippen molar-refractivity contribution in [3.63, 3.8) is 0 Å².